The second kappa shape index (κ2) is 63.8. The Kier molecular flexibility index (Phi) is 60.9. The van der Waals surface area contributed by atoms with E-state index in [1.807, 2.05) is 0 Å². The number of hydrogen-bond donors (Lipinski definition) is 1. The summed E-state index contributed by atoms with van der Waals surface area (Å²) in [6.07, 6.45) is 92.2. The van der Waals surface area contributed by atoms with E-state index in [9.17, 15) is 14.7 Å². The predicted octanol–water partition coefficient (Wildman–Crippen LogP) is 21.6. The summed E-state index contributed by atoms with van der Waals surface area (Å²) in [6, 6.07) is 0. The Morgan fingerprint density at radius 3 is 0.878 bits per heavy atom. The lowest BCUT2D eigenvalue weighted by Crippen LogP contribution is -2.28. The van der Waals surface area contributed by atoms with Crippen molar-refractivity contribution in [3.63, 3.8) is 0 Å². The van der Waals surface area contributed by atoms with E-state index < -0.39 is 6.10 Å². The molecule has 0 aliphatic carbocycles. The van der Waals surface area contributed by atoms with Crippen LogP contribution in [0.25, 0.3) is 0 Å². The summed E-state index contributed by atoms with van der Waals surface area (Å²) >= 11 is 0. The molecule has 0 aromatic heterocycles. The van der Waals surface area contributed by atoms with E-state index in [4.69, 9.17) is 9.47 Å². The van der Waals surface area contributed by atoms with Crippen LogP contribution in [-0.4, -0.2) is 36.4 Å². The highest BCUT2D eigenvalue weighted by molar-refractivity contribution is 5.70. The van der Waals surface area contributed by atoms with E-state index in [0.717, 1.165) is 89.9 Å². The van der Waals surface area contributed by atoms with Gasteiger partial charge in [0.2, 0.25) is 0 Å². The van der Waals surface area contributed by atoms with E-state index in [-0.39, 0.29) is 25.2 Å². The van der Waals surface area contributed by atoms with Crippen LogP contribution in [0, 0.1) is 0 Å². The van der Waals surface area contributed by atoms with Gasteiger partial charge < -0.3 is 14.6 Å². The minimum absolute atomic E-state index is 0.0710. The maximum atomic E-state index is 12.3. The highest BCUT2D eigenvalue weighted by Crippen LogP contribution is 2.16. The van der Waals surface area contributed by atoms with Crippen molar-refractivity contribution < 1.29 is 24.2 Å². The summed E-state index contributed by atoms with van der Waals surface area (Å²) < 4.78 is 10.7. The number of aliphatic hydroxyl groups is 1. The molecule has 0 radical (unpaired) electrons. The monoisotopic (exact) mass is 1030 g/mol. The first-order valence-electron chi connectivity index (χ1n) is 31.4. The van der Waals surface area contributed by atoms with Crippen molar-refractivity contribution in [2.75, 3.05) is 13.2 Å². The van der Waals surface area contributed by atoms with Crippen LogP contribution in [0.1, 0.15) is 296 Å². The molecule has 5 nitrogen and oxygen atoms in total. The Hall–Kier alpha value is -3.44. The molecule has 0 fully saturated rings. The molecule has 0 bridgehead atoms. The molecule has 1 atom stereocenters. The van der Waals surface area contributed by atoms with E-state index in [1.54, 1.807) is 0 Å². The van der Waals surface area contributed by atoms with Gasteiger partial charge in [0.25, 0.3) is 0 Å². The third-order valence-electron chi connectivity index (χ3n) is 13.6. The largest absolute Gasteiger partial charge is 0.462 e. The average Bonchev–Trinajstić information content (AvgIpc) is 3.40. The van der Waals surface area contributed by atoms with Crippen molar-refractivity contribution in [2.45, 2.75) is 302 Å². The molecule has 1 N–H and O–H groups in total. The van der Waals surface area contributed by atoms with Crippen LogP contribution in [0.5, 0.6) is 0 Å². The van der Waals surface area contributed by atoms with Gasteiger partial charge in [0.05, 0.1) is 6.61 Å². The first-order valence-corrected chi connectivity index (χ1v) is 31.4. The van der Waals surface area contributed by atoms with Crippen molar-refractivity contribution in [3.05, 3.63) is 109 Å². The Morgan fingerprint density at radius 1 is 0.324 bits per heavy atom. The maximum absolute atomic E-state index is 12.3. The molecule has 0 aromatic carbocycles. The van der Waals surface area contributed by atoms with E-state index >= 15 is 0 Å². The molecule has 5 heteroatoms. The Balaban J connectivity index is 3.50. The molecule has 0 spiro atoms. The fourth-order valence-corrected chi connectivity index (χ4v) is 8.86. The number of carbonyl (C=O) groups is 2. The summed E-state index contributed by atoms with van der Waals surface area (Å²) in [6.45, 7) is 4.03. The minimum Gasteiger partial charge on any atom is -0.462 e. The second-order valence-electron chi connectivity index (χ2n) is 20.8. The topological polar surface area (TPSA) is 72.8 Å². The molecule has 74 heavy (non-hydrogen) atoms. The number of ether oxygens (including phenoxy) is 2. The molecule has 1 unspecified atom stereocenters. The smallest absolute Gasteiger partial charge is 0.306 e. The van der Waals surface area contributed by atoms with Crippen LogP contribution < -0.4 is 0 Å². The van der Waals surface area contributed by atoms with Gasteiger partial charge in [-0.3, -0.25) is 9.59 Å². The number of unbranched alkanes of at least 4 members (excludes halogenated alkanes) is 31. The number of hydrogen-bond acceptors (Lipinski definition) is 5. The molecular weight excluding hydrogens is 909 g/mol. The van der Waals surface area contributed by atoms with Gasteiger partial charge in [0, 0.05) is 12.8 Å². The van der Waals surface area contributed by atoms with Crippen LogP contribution >= 0.6 is 0 Å². The molecule has 0 rings (SSSR count). The zero-order valence-electron chi connectivity index (χ0n) is 48.6. The van der Waals surface area contributed by atoms with Crippen LogP contribution in [0.15, 0.2) is 109 Å². The third kappa shape index (κ3) is 61.1. The highest BCUT2D eigenvalue weighted by atomic mass is 16.6. The van der Waals surface area contributed by atoms with Crippen molar-refractivity contribution >= 4 is 11.9 Å². The number of allylic oxidation sites excluding steroid dienone is 18. The van der Waals surface area contributed by atoms with Gasteiger partial charge in [0.15, 0.2) is 6.10 Å². The Morgan fingerprint density at radius 2 is 0.581 bits per heavy atom. The minimum atomic E-state index is -0.782. The fourth-order valence-electron chi connectivity index (χ4n) is 8.86. The van der Waals surface area contributed by atoms with E-state index in [1.165, 1.54) is 180 Å². The fraction of sp³-hybridized carbons (Fsp3) is 0.710. The standard InChI is InChI=1S/C69H118O5/c1-3-5-7-9-11-13-15-17-19-21-23-25-27-29-31-33-34-36-37-39-41-43-45-47-49-51-53-55-57-59-61-63-68(71)73-66-67(65-70)74-69(72)64-62-60-58-56-54-52-50-48-46-44-42-40-38-35-32-30-28-26-24-22-20-18-16-14-12-10-8-6-4-2/h6,8,12,14-15,17-18,20-21,23-24,26-27,29-30,32,38,40,67,70H,3-5,7,9-11,13,16,19,22,25,28,31,33-37,39,41-66H2,1-2H3/b8-6-,14-12-,17-15-,20-18-,23-21-,26-24-,29-27-,32-30-,40-38-. The number of aliphatic hydroxyl groups excluding tert-OH is 1. The van der Waals surface area contributed by atoms with Gasteiger partial charge in [-0.05, 0) is 103 Å². The lowest BCUT2D eigenvalue weighted by atomic mass is 10.0. The van der Waals surface area contributed by atoms with Gasteiger partial charge in [-0.25, -0.2) is 0 Å². The summed E-state index contributed by atoms with van der Waals surface area (Å²) in [5, 5.41) is 9.68. The summed E-state index contributed by atoms with van der Waals surface area (Å²) in [5.74, 6) is -0.592. The first-order chi connectivity index (χ1) is 36.6. The van der Waals surface area contributed by atoms with Crippen LogP contribution in [0.4, 0.5) is 0 Å². The molecule has 424 valence electrons. The normalized spacial score (nSPS) is 13.0. The maximum Gasteiger partial charge on any atom is 0.306 e. The Bertz CT molecular complexity index is 1440. The van der Waals surface area contributed by atoms with Gasteiger partial charge in [-0.2, -0.15) is 0 Å². The molecule has 0 saturated heterocycles. The van der Waals surface area contributed by atoms with E-state index in [0.29, 0.717) is 12.8 Å². The average molecular weight is 1030 g/mol. The second-order valence-corrected chi connectivity index (χ2v) is 20.8. The number of carbonyl (C=O) groups excluding carboxylic acids is 2. The van der Waals surface area contributed by atoms with Crippen molar-refractivity contribution in [2.24, 2.45) is 0 Å². The number of esters is 2. The van der Waals surface area contributed by atoms with Crippen LogP contribution in [-0.2, 0) is 19.1 Å². The SMILES string of the molecule is CC/C=C\C/C=C\C/C=C\C/C=C\C/C=C\C/C=C\CCCCCCCCCCCCC(=O)OC(CO)COC(=O)CCCCCCCCCCCCCCCCCC/C=C\C/C=C\C/C=C\CCCCCCC. The zero-order valence-corrected chi connectivity index (χ0v) is 48.6. The third-order valence-corrected chi connectivity index (χ3v) is 13.6. The molecular formula is C69H118O5. The molecule has 0 aromatic rings. The van der Waals surface area contributed by atoms with Crippen molar-refractivity contribution in [3.8, 4) is 0 Å². The van der Waals surface area contributed by atoms with Gasteiger partial charge in [-0.1, -0.05) is 290 Å². The molecule has 0 amide bonds. The zero-order chi connectivity index (χ0) is 53.4. The predicted molar refractivity (Wildman–Crippen MR) is 325 cm³/mol. The lowest BCUT2D eigenvalue weighted by Gasteiger charge is -2.15. The lowest BCUT2D eigenvalue weighted by molar-refractivity contribution is -0.161. The molecule has 0 aliphatic rings. The molecule has 0 aliphatic heterocycles. The summed E-state index contributed by atoms with van der Waals surface area (Å²) in [4.78, 5) is 24.6. The Labute approximate surface area is 459 Å². The highest BCUT2D eigenvalue weighted by Gasteiger charge is 2.16. The summed E-state index contributed by atoms with van der Waals surface area (Å²) in [5.41, 5.74) is 0. The molecule has 0 heterocycles. The van der Waals surface area contributed by atoms with Crippen molar-refractivity contribution in [1.82, 2.24) is 0 Å². The van der Waals surface area contributed by atoms with Crippen LogP contribution in [0.3, 0.4) is 0 Å². The van der Waals surface area contributed by atoms with Crippen molar-refractivity contribution in [1.29, 1.82) is 0 Å². The van der Waals surface area contributed by atoms with E-state index in [2.05, 4.69) is 123 Å². The quantitative estimate of drug-likeness (QED) is 0.0373. The summed E-state index contributed by atoms with van der Waals surface area (Å²) in [7, 11) is 0. The number of rotatable bonds is 57. The van der Waals surface area contributed by atoms with Crippen LogP contribution in [0.2, 0.25) is 0 Å². The van der Waals surface area contributed by atoms with Gasteiger partial charge in [-0.15, -0.1) is 0 Å². The molecule has 0 saturated carbocycles. The van der Waals surface area contributed by atoms with Gasteiger partial charge >= 0.3 is 11.9 Å². The first kappa shape index (κ1) is 70.6. The van der Waals surface area contributed by atoms with Gasteiger partial charge in [0.1, 0.15) is 6.61 Å².